The van der Waals surface area contributed by atoms with Gasteiger partial charge in [-0.2, -0.15) is 0 Å². The van der Waals surface area contributed by atoms with Crippen molar-refractivity contribution in [1.82, 2.24) is 10.2 Å². The molecule has 0 spiro atoms. The van der Waals surface area contributed by atoms with Crippen LogP contribution in [0.5, 0.6) is 0 Å². The highest BCUT2D eigenvalue weighted by Crippen LogP contribution is 2.22. The van der Waals surface area contributed by atoms with Gasteiger partial charge in [-0.25, -0.2) is 4.39 Å². The molecule has 1 aliphatic heterocycles. The van der Waals surface area contributed by atoms with Crippen LogP contribution >= 0.6 is 0 Å². The molecular weight excluding hydrogens is 349 g/mol. The van der Waals surface area contributed by atoms with Gasteiger partial charge in [0.05, 0.1) is 12.0 Å². The van der Waals surface area contributed by atoms with E-state index in [1.165, 1.54) is 12.3 Å². The number of amides is 1. The fraction of sp³-hybridized carbons (Fsp3) is 0.211. The third kappa shape index (κ3) is 3.74. The molecule has 7 nitrogen and oxygen atoms in total. The number of piperazine rings is 1. The van der Waals surface area contributed by atoms with Crippen LogP contribution in [0.15, 0.2) is 59.2 Å². The predicted molar refractivity (Wildman–Crippen MR) is 99.5 cm³/mol. The van der Waals surface area contributed by atoms with Gasteiger partial charge in [-0.15, -0.1) is 10.2 Å². The van der Waals surface area contributed by atoms with E-state index >= 15 is 0 Å². The first kappa shape index (κ1) is 17.0. The molecule has 8 heteroatoms. The number of halogens is 1. The maximum atomic E-state index is 13.9. The molecule has 1 aliphatic rings. The molecule has 3 heterocycles. The Bertz CT molecular complexity index is 906. The number of anilines is 3. The number of furan rings is 1. The predicted octanol–water partition coefficient (Wildman–Crippen LogP) is 2.79. The lowest BCUT2D eigenvalue weighted by molar-refractivity contribution is 0.0996. The molecule has 3 aromatic rings. The molecule has 0 atom stereocenters. The van der Waals surface area contributed by atoms with E-state index in [4.69, 9.17) is 4.42 Å². The average Bonchev–Trinajstić information content (AvgIpc) is 3.24. The van der Waals surface area contributed by atoms with Crippen molar-refractivity contribution in [1.29, 1.82) is 0 Å². The monoisotopic (exact) mass is 367 g/mol. The summed E-state index contributed by atoms with van der Waals surface area (Å²) in [6.07, 6.45) is 1.44. The lowest BCUT2D eigenvalue weighted by Gasteiger charge is -2.36. The zero-order valence-corrected chi connectivity index (χ0v) is 14.5. The number of carbonyl (C=O) groups is 1. The van der Waals surface area contributed by atoms with Crippen molar-refractivity contribution in [3.05, 3.63) is 66.4 Å². The summed E-state index contributed by atoms with van der Waals surface area (Å²) in [5.41, 5.74) is 0.624. The van der Waals surface area contributed by atoms with Gasteiger partial charge >= 0.3 is 0 Å². The van der Waals surface area contributed by atoms with Crippen LogP contribution in [0.2, 0.25) is 0 Å². The molecule has 2 aromatic heterocycles. The molecule has 0 aliphatic carbocycles. The van der Waals surface area contributed by atoms with E-state index < -0.39 is 0 Å². The van der Waals surface area contributed by atoms with E-state index in [1.54, 1.807) is 30.3 Å². The number of nitrogens with zero attached hydrogens (tertiary/aromatic N) is 4. The summed E-state index contributed by atoms with van der Waals surface area (Å²) in [5, 5.41) is 10.9. The highest BCUT2D eigenvalue weighted by atomic mass is 19.1. The topological polar surface area (TPSA) is 74.5 Å². The Kier molecular flexibility index (Phi) is 4.69. The van der Waals surface area contributed by atoms with Crippen LogP contribution in [0.1, 0.15) is 10.6 Å². The fourth-order valence-electron chi connectivity index (χ4n) is 3.03. The third-order valence-electron chi connectivity index (χ3n) is 4.43. The van der Waals surface area contributed by atoms with Gasteiger partial charge in [-0.3, -0.25) is 4.79 Å². The van der Waals surface area contributed by atoms with Crippen LogP contribution < -0.4 is 15.1 Å². The second-order valence-corrected chi connectivity index (χ2v) is 6.13. The maximum Gasteiger partial charge on any atom is 0.292 e. The van der Waals surface area contributed by atoms with E-state index in [9.17, 15) is 9.18 Å². The molecule has 1 fully saturated rings. The van der Waals surface area contributed by atoms with E-state index in [0.717, 1.165) is 5.82 Å². The summed E-state index contributed by atoms with van der Waals surface area (Å²) in [6.45, 7) is 2.81. The van der Waals surface area contributed by atoms with Gasteiger partial charge in [0, 0.05) is 26.2 Å². The highest BCUT2D eigenvalue weighted by Gasteiger charge is 2.20. The number of hydrogen-bond acceptors (Lipinski definition) is 6. The second-order valence-electron chi connectivity index (χ2n) is 6.13. The highest BCUT2D eigenvalue weighted by molar-refractivity contribution is 6.01. The molecule has 0 saturated carbocycles. The minimum absolute atomic E-state index is 0.206. The van der Waals surface area contributed by atoms with Gasteiger partial charge in [0.2, 0.25) is 0 Å². The molecule has 0 unspecified atom stereocenters. The third-order valence-corrected chi connectivity index (χ3v) is 4.43. The summed E-state index contributed by atoms with van der Waals surface area (Å²) < 4.78 is 19.0. The minimum Gasteiger partial charge on any atom is -0.459 e. The van der Waals surface area contributed by atoms with Gasteiger partial charge in [0.1, 0.15) is 5.82 Å². The second kappa shape index (κ2) is 7.45. The lowest BCUT2D eigenvalue weighted by Crippen LogP contribution is -2.47. The molecule has 138 valence electrons. The molecule has 0 bridgehead atoms. The van der Waals surface area contributed by atoms with Crippen molar-refractivity contribution >= 4 is 23.2 Å². The zero-order valence-electron chi connectivity index (χ0n) is 14.5. The van der Waals surface area contributed by atoms with Crippen LogP contribution in [0.25, 0.3) is 0 Å². The quantitative estimate of drug-likeness (QED) is 0.764. The van der Waals surface area contributed by atoms with Gasteiger partial charge in [-0.1, -0.05) is 12.1 Å². The largest absolute Gasteiger partial charge is 0.459 e. The van der Waals surface area contributed by atoms with Gasteiger partial charge in [-0.05, 0) is 36.4 Å². The van der Waals surface area contributed by atoms with E-state index in [2.05, 4.69) is 20.4 Å². The minimum atomic E-state index is -0.374. The molecule has 1 saturated heterocycles. The van der Waals surface area contributed by atoms with Crippen LogP contribution in [0.4, 0.5) is 21.7 Å². The van der Waals surface area contributed by atoms with Crippen LogP contribution in [-0.4, -0.2) is 42.3 Å². The maximum absolute atomic E-state index is 13.9. The van der Waals surface area contributed by atoms with E-state index in [-0.39, 0.29) is 17.5 Å². The Labute approximate surface area is 155 Å². The molecule has 0 radical (unpaired) electrons. The summed E-state index contributed by atoms with van der Waals surface area (Å²) in [6, 6.07) is 13.5. The summed E-state index contributed by atoms with van der Waals surface area (Å²) in [7, 11) is 0. The Morgan fingerprint density at radius 2 is 1.74 bits per heavy atom. The van der Waals surface area contributed by atoms with Crippen LogP contribution in [0, 0.1) is 5.82 Å². The summed E-state index contributed by atoms with van der Waals surface area (Å²) >= 11 is 0. The van der Waals surface area contributed by atoms with E-state index in [1.807, 2.05) is 17.0 Å². The molecular formula is C19H18FN5O2. The Balaban J connectivity index is 1.36. The molecule has 1 N–H and O–H groups in total. The number of rotatable bonds is 4. The SMILES string of the molecule is O=C(Nc1ccc(N2CCN(c3ccccc3F)CC2)nn1)c1ccco1. The Hall–Kier alpha value is -3.42. The lowest BCUT2D eigenvalue weighted by atomic mass is 10.2. The smallest absolute Gasteiger partial charge is 0.292 e. The fourth-order valence-corrected chi connectivity index (χ4v) is 3.03. The first-order valence-electron chi connectivity index (χ1n) is 8.64. The standard InChI is InChI=1S/C19H18FN5O2/c20-14-4-1-2-5-15(14)24-9-11-25(12-10-24)18-8-7-17(22-23-18)21-19(26)16-6-3-13-27-16/h1-8,13H,9-12H2,(H,21,22,26). The van der Waals surface area contributed by atoms with Crippen molar-refractivity contribution in [3.63, 3.8) is 0 Å². The first-order valence-corrected chi connectivity index (χ1v) is 8.64. The molecule has 1 aromatic carbocycles. The molecule has 27 heavy (non-hydrogen) atoms. The Morgan fingerprint density at radius 3 is 2.41 bits per heavy atom. The van der Waals surface area contributed by atoms with Gasteiger partial charge < -0.3 is 19.5 Å². The van der Waals surface area contributed by atoms with Gasteiger partial charge in [0.15, 0.2) is 17.4 Å². The average molecular weight is 367 g/mol. The zero-order chi connectivity index (χ0) is 18.6. The van der Waals surface area contributed by atoms with E-state index in [0.29, 0.717) is 37.7 Å². The number of para-hydroxylation sites is 1. The molecule has 4 rings (SSSR count). The van der Waals surface area contributed by atoms with Crippen molar-refractivity contribution in [2.24, 2.45) is 0 Å². The van der Waals surface area contributed by atoms with Gasteiger partial charge in [0.25, 0.3) is 5.91 Å². The number of hydrogen-bond donors (Lipinski definition) is 1. The van der Waals surface area contributed by atoms with Crippen molar-refractivity contribution < 1.29 is 13.6 Å². The molecule has 1 amide bonds. The van der Waals surface area contributed by atoms with Crippen molar-refractivity contribution in [3.8, 4) is 0 Å². The summed E-state index contributed by atoms with van der Waals surface area (Å²) in [4.78, 5) is 16.1. The summed E-state index contributed by atoms with van der Waals surface area (Å²) in [5.74, 6) is 0.706. The normalized spacial score (nSPS) is 14.3. The number of aromatic nitrogens is 2. The number of carbonyl (C=O) groups excluding carboxylic acids is 1. The number of nitrogens with one attached hydrogen (secondary N) is 1. The van der Waals surface area contributed by atoms with Crippen LogP contribution in [0.3, 0.4) is 0 Å². The first-order chi connectivity index (χ1) is 13.2. The van der Waals surface area contributed by atoms with Crippen molar-refractivity contribution in [2.75, 3.05) is 41.3 Å². The Morgan fingerprint density at radius 1 is 0.963 bits per heavy atom. The number of benzene rings is 1. The van der Waals surface area contributed by atoms with Crippen LogP contribution in [-0.2, 0) is 0 Å². The van der Waals surface area contributed by atoms with Crippen molar-refractivity contribution in [2.45, 2.75) is 0 Å².